The summed E-state index contributed by atoms with van der Waals surface area (Å²) in [5, 5.41) is 7.40. The minimum atomic E-state index is 0.560. The van der Waals surface area contributed by atoms with Gasteiger partial charge < -0.3 is 5.32 Å². The van der Waals surface area contributed by atoms with Crippen molar-refractivity contribution in [1.29, 1.82) is 0 Å². The van der Waals surface area contributed by atoms with E-state index in [-0.39, 0.29) is 0 Å². The van der Waals surface area contributed by atoms with Gasteiger partial charge in [-0.15, -0.1) is 0 Å². The number of hydrogen-bond donors (Lipinski definition) is 2. The maximum Gasteiger partial charge on any atom is 0.0573 e. The van der Waals surface area contributed by atoms with Crippen LogP contribution in [0.15, 0.2) is 0 Å². The third-order valence-electron chi connectivity index (χ3n) is 3.29. The molecule has 2 N–H and O–H groups in total. The molecule has 1 rings (SSSR count). The number of rotatable bonds is 8. The molecular formula is C13H28N2. The summed E-state index contributed by atoms with van der Waals surface area (Å²) in [5.74, 6) is 0. The Hall–Kier alpha value is -0.0800. The van der Waals surface area contributed by atoms with E-state index >= 15 is 0 Å². The highest BCUT2D eigenvalue weighted by molar-refractivity contribution is 4.77. The summed E-state index contributed by atoms with van der Waals surface area (Å²) in [6, 6.07) is 0.788. The van der Waals surface area contributed by atoms with Crippen LogP contribution in [0.5, 0.6) is 0 Å². The van der Waals surface area contributed by atoms with E-state index in [1.807, 2.05) is 0 Å². The van der Waals surface area contributed by atoms with Gasteiger partial charge in [0.2, 0.25) is 0 Å². The van der Waals surface area contributed by atoms with Crippen molar-refractivity contribution in [3.05, 3.63) is 0 Å². The van der Waals surface area contributed by atoms with E-state index in [1.165, 1.54) is 57.9 Å². The van der Waals surface area contributed by atoms with E-state index in [2.05, 4.69) is 24.5 Å². The molecule has 0 radical (unpaired) electrons. The topological polar surface area (TPSA) is 24.1 Å². The van der Waals surface area contributed by atoms with E-state index < -0.39 is 0 Å². The second-order valence-corrected chi connectivity index (χ2v) is 4.80. The quantitative estimate of drug-likeness (QED) is 0.477. The van der Waals surface area contributed by atoms with E-state index in [9.17, 15) is 0 Å². The molecule has 0 spiro atoms. The molecule has 1 fully saturated rings. The first-order valence-corrected chi connectivity index (χ1v) is 6.86. The maximum absolute atomic E-state index is 3.76. The predicted octanol–water partition coefficient (Wildman–Crippen LogP) is 3.03. The minimum Gasteiger partial charge on any atom is -0.302 e. The molecule has 1 aliphatic rings. The second kappa shape index (κ2) is 8.12. The van der Waals surface area contributed by atoms with Crippen LogP contribution in [-0.4, -0.2) is 18.8 Å². The van der Waals surface area contributed by atoms with Gasteiger partial charge in [0.05, 0.1) is 6.17 Å². The van der Waals surface area contributed by atoms with Gasteiger partial charge in [0, 0.05) is 6.04 Å². The van der Waals surface area contributed by atoms with Crippen LogP contribution in [0.1, 0.15) is 65.2 Å². The molecule has 1 saturated carbocycles. The van der Waals surface area contributed by atoms with E-state index in [0.717, 1.165) is 6.04 Å². The molecule has 0 amide bonds. The Morgan fingerprint density at radius 1 is 1.13 bits per heavy atom. The van der Waals surface area contributed by atoms with Crippen molar-refractivity contribution in [3.8, 4) is 0 Å². The summed E-state index contributed by atoms with van der Waals surface area (Å²) in [5.41, 5.74) is 0. The van der Waals surface area contributed by atoms with Crippen LogP contribution in [0.2, 0.25) is 0 Å². The third-order valence-corrected chi connectivity index (χ3v) is 3.29. The molecule has 1 aliphatic carbocycles. The number of hydrogen-bond acceptors (Lipinski definition) is 2. The van der Waals surface area contributed by atoms with Crippen LogP contribution < -0.4 is 10.6 Å². The van der Waals surface area contributed by atoms with Crippen molar-refractivity contribution < 1.29 is 0 Å². The van der Waals surface area contributed by atoms with Gasteiger partial charge in [-0.1, -0.05) is 39.5 Å². The van der Waals surface area contributed by atoms with Crippen LogP contribution in [0.25, 0.3) is 0 Å². The van der Waals surface area contributed by atoms with Crippen molar-refractivity contribution in [1.82, 2.24) is 10.6 Å². The molecule has 0 aliphatic heterocycles. The van der Waals surface area contributed by atoms with Crippen molar-refractivity contribution >= 4 is 0 Å². The lowest BCUT2D eigenvalue weighted by atomic mass is 10.2. The summed E-state index contributed by atoms with van der Waals surface area (Å²) in [6.07, 6.45) is 11.3. The third kappa shape index (κ3) is 5.53. The lowest BCUT2D eigenvalue weighted by Crippen LogP contribution is -2.46. The molecule has 0 aromatic carbocycles. The first kappa shape index (κ1) is 13.0. The van der Waals surface area contributed by atoms with Crippen LogP contribution >= 0.6 is 0 Å². The molecular weight excluding hydrogens is 184 g/mol. The normalized spacial score (nSPS) is 19.6. The van der Waals surface area contributed by atoms with Gasteiger partial charge in [0.15, 0.2) is 0 Å². The summed E-state index contributed by atoms with van der Waals surface area (Å²) in [6.45, 7) is 5.69. The molecule has 90 valence electrons. The van der Waals surface area contributed by atoms with Crippen LogP contribution in [0.4, 0.5) is 0 Å². The Morgan fingerprint density at radius 2 is 1.87 bits per heavy atom. The SMILES string of the molecule is CCCCNC(CCC)NC1CCCC1. The molecule has 2 nitrogen and oxygen atoms in total. The van der Waals surface area contributed by atoms with E-state index in [0.29, 0.717) is 6.17 Å². The highest BCUT2D eigenvalue weighted by atomic mass is 15.1. The van der Waals surface area contributed by atoms with Crippen LogP contribution in [0, 0.1) is 0 Å². The van der Waals surface area contributed by atoms with Crippen molar-refractivity contribution in [2.24, 2.45) is 0 Å². The number of nitrogens with one attached hydrogen (secondary N) is 2. The fourth-order valence-corrected chi connectivity index (χ4v) is 2.36. The smallest absolute Gasteiger partial charge is 0.0573 e. The maximum atomic E-state index is 3.76. The lowest BCUT2D eigenvalue weighted by Gasteiger charge is -2.23. The second-order valence-electron chi connectivity index (χ2n) is 4.80. The summed E-state index contributed by atoms with van der Waals surface area (Å²) in [4.78, 5) is 0. The summed E-state index contributed by atoms with van der Waals surface area (Å²) in [7, 11) is 0. The van der Waals surface area contributed by atoms with Crippen LogP contribution in [0.3, 0.4) is 0 Å². The van der Waals surface area contributed by atoms with Gasteiger partial charge >= 0.3 is 0 Å². The fourth-order valence-electron chi connectivity index (χ4n) is 2.36. The fraction of sp³-hybridized carbons (Fsp3) is 1.00. The Balaban J connectivity index is 2.16. The van der Waals surface area contributed by atoms with Gasteiger partial charge in [-0.25, -0.2) is 0 Å². The van der Waals surface area contributed by atoms with Crippen molar-refractivity contribution in [2.75, 3.05) is 6.54 Å². The average Bonchev–Trinajstić information content (AvgIpc) is 2.71. The van der Waals surface area contributed by atoms with Gasteiger partial charge in [-0.2, -0.15) is 0 Å². The largest absolute Gasteiger partial charge is 0.302 e. The molecule has 0 aromatic rings. The Morgan fingerprint density at radius 3 is 2.47 bits per heavy atom. The molecule has 1 unspecified atom stereocenters. The van der Waals surface area contributed by atoms with Gasteiger partial charge in [0.25, 0.3) is 0 Å². The summed E-state index contributed by atoms with van der Waals surface area (Å²) < 4.78 is 0. The molecule has 0 aromatic heterocycles. The average molecular weight is 212 g/mol. The molecule has 0 bridgehead atoms. The van der Waals surface area contributed by atoms with E-state index in [1.54, 1.807) is 0 Å². The zero-order valence-electron chi connectivity index (χ0n) is 10.5. The Bertz CT molecular complexity index is 141. The standard InChI is InChI=1S/C13H28N2/c1-3-5-11-14-13(8-4-2)15-12-9-6-7-10-12/h12-15H,3-11H2,1-2H3. The molecule has 0 heterocycles. The molecule has 0 saturated heterocycles. The summed E-state index contributed by atoms with van der Waals surface area (Å²) >= 11 is 0. The van der Waals surface area contributed by atoms with Gasteiger partial charge in [-0.05, 0) is 32.2 Å². The van der Waals surface area contributed by atoms with Crippen LogP contribution in [-0.2, 0) is 0 Å². The monoisotopic (exact) mass is 212 g/mol. The lowest BCUT2D eigenvalue weighted by molar-refractivity contribution is 0.349. The zero-order valence-corrected chi connectivity index (χ0v) is 10.5. The Labute approximate surface area is 95.2 Å². The van der Waals surface area contributed by atoms with Gasteiger partial charge in [-0.3, -0.25) is 5.32 Å². The highest BCUT2D eigenvalue weighted by Gasteiger charge is 2.17. The highest BCUT2D eigenvalue weighted by Crippen LogP contribution is 2.18. The minimum absolute atomic E-state index is 0.560. The van der Waals surface area contributed by atoms with Crippen molar-refractivity contribution in [2.45, 2.75) is 77.4 Å². The number of unbranched alkanes of at least 4 members (excludes halogenated alkanes) is 1. The molecule has 1 atom stereocenters. The molecule has 2 heteroatoms. The first-order chi connectivity index (χ1) is 7.36. The zero-order chi connectivity index (χ0) is 10.9. The van der Waals surface area contributed by atoms with E-state index in [4.69, 9.17) is 0 Å². The van der Waals surface area contributed by atoms with Gasteiger partial charge in [0.1, 0.15) is 0 Å². The first-order valence-electron chi connectivity index (χ1n) is 6.86. The predicted molar refractivity (Wildman–Crippen MR) is 67.0 cm³/mol. The Kier molecular flexibility index (Phi) is 7.03. The van der Waals surface area contributed by atoms with Crippen molar-refractivity contribution in [3.63, 3.8) is 0 Å². The molecule has 15 heavy (non-hydrogen) atoms.